The first kappa shape index (κ1) is 13.6. The van der Waals surface area contributed by atoms with Gasteiger partial charge in [-0.25, -0.2) is 4.98 Å². The molecule has 0 aliphatic carbocycles. The highest BCUT2D eigenvalue weighted by Gasteiger charge is 2.21. The molecule has 21 heavy (non-hydrogen) atoms. The van der Waals surface area contributed by atoms with E-state index in [-0.39, 0.29) is 6.04 Å². The van der Waals surface area contributed by atoms with Crippen molar-refractivity contribution in [1.82, 2.24) is 10.3 Å². The van der Waals surface area contributed by atoms with Crippen molar-refractivity contribution in [3.8, 4) is 5.88 Å². The summed E-state index contributed by atoms with van der Waals surface area (Å²) in [4.78, 5) is 4.26. The molecule has 2 heterocycles. The normalized spacial score (nSPS) is 12.5. The highest BCUT2D eigenvalue weighted by atomic mass is 16.5. The van der Waals surface area contributed by atoms with Crippen LogP contribution in [0.2, 0.25) is 0 Å². The fraction of sp³-hybridized carbons (Fsp3) is 0.235. The molecule has 0 fully saturated rings. The van der Waals surface area contributed by atoms with E-state index in [2.05, 4.69) is 35.4 Å². The van der Waals surface area contributed by atoms with Crippen LogP contribution in [-0.2, 0) is 0 Å². The van der Waals surface area contributed by atoms with Gasteiger partial charge in [0, 0.05) is 17.1 Å². The van der Waals surface area contributed by atoms with Crippen LogP contribution < -0.4 is 10.1 Å². The monoisotopic (exact) mass is 282 g/mol. The van der Waals surface area contributed by atoms with E-state index in [4.69, 9.17) is 9.15 Å². The topological polar surface area (TPSA) is 47.3 Å². The van der Waals surface area contributed by atoms with E-state index >= 15 is 0 Å². The molecule has 1 unspecified atom stereocenters. The van der Waals surface area contributed by atoms with Crippen molar-refractivity contribution in [3.63, 3.8) is 0 Å². The fourth-order valence-corrected chi connectivity index (χ4v) is 2.62. The van der Waals surface area contributed by atoms with Crippen LogP contribution >= 0.6 is 0 Å². The molecule has 1 N–H and O–H groups in total. The van der Waals surface area contributed by atoms with E-state index in [0.717, 1.165) is 27.9 Å². The number of hydrogen-bond acceptors (Lipinski definition) is 4. The number of para-hydroxylation sites is 1. The zero-order valence-corrected chi connectivity index (χ0v) is 12.4. The number of nitrogens with zero attached hydrogens (tertiary/aromatic N) is 1. The number of furan rings is 1. The van der Waals surface area contributed by atoms with Crippen LogP contribution in [0, 0.1) is 6.92 Å². The second-order valence-corrected chi connectivity index (χ2v) is 4.97. The summed E-state index contributed by atoms with van der Waals surface area (Å²) in [5.74, 6) is 1.46. The summed E-state index contributed by atoms with van der Waals surface area (Å²) in [5, 5.41) is 4.38. The lowest BCUT2D eigenvalue weighted by Crippen LogP contribution is -2.18. The predicted molar refractivity (Wildman–Crippen MR) is 82.6 cm³/mol. The van der Waals surface area contributed by atoms with Gasteiger partial charge in [0.15, 0.2) is 0 Å². The van der Waals surface area contributed by atoms with E-state index < -0.39 is 0 Å². The highest BCUT2D eigenvalue weighted by molar-refractivity contribution is 5.81. The Balaban J connectivity index is 2.12. The van der Waals surface area contributed by atoms with Gasteiger partial charge >= 0.3 is 0 Å². The van der Waals surface area contributed by atoms with Crippen molar-refractivity contribution < 1.29 is 9.15 Å². The molecule has 3 rings (SSSR count). The van der Waals surface area contributed by atoms with Crippen LogP contribution in [0.3, 0.4) is 0 Å². The smallest absolute Gasteiger partial charge is 0.218 e. The predicted octanol–water partition coefficient (Wildman–Crippen LogP) is 3.45. The number of hydrogen-bond donors (Lipinski definition) is 1. The van der Waals surface area contributed by atoms with E-state index in [0.29, 0.717) is 5.88 Å². The number of aromatic nitrogens is 1. The van der Waals surface area contributed by atoms with Crippen molar-refractivity contribution in [2.24, 2.45) is 0 Å². The van der Waals surface area contributed by atoms with E-state index in [1.165, 1.54) is 0 Å². The standard InChI is InChI=1S/C17H18N2O2/c1-11-6-4-7-12-10-14(21-16(11)12)15(18-2)13-8-5-9-19-17(13)20-3/h4-10,15,18H,1-3H3. The molecule has 2 aromatic heterocycles. The Morgan fingerprint density at radius 3 is 2.81 bits per heavy atom. The van der Waals surface area contributed by atoms with Crippen molar-refractivity contribution >= 4 is 11.0 Å². The summed E-state index contributed by atoms with van der Waals surface area (Å²) < 4.78 is 11.4. The summed E-state index contributed by atoms with van der Waals surface area (Å²) in [5.41, 5.74) is 3.02. The summed E-state index contributed by atoms with van der Waals surface area (Å²) in [6.07, 6.45) is 1.72. The highest BCUT2D eigenvalue weighted by Crippen LogP contribution is 2.32. The van der Waals surface area contributed by atoms with Crippen molar-refractivity contribution in [2.45, 2.75) is 13.0 Å². The maximum Gasteiger partial charge on any atom is 0.218 e. The summed E-state index contributed by atoms with van der Waals surface area (Å²) >= 11 is 0. The Kier molecular flexibility index (Phi) is 3.62. The molecular weight excluding hydrogens is 264 g/mol. The molecule has 0 spiro atoms. The van der Waals surface area contributed by atoms with Gasteiger partial charge in [0.25, 0.3) is 0 Å². The molecule has 4 nitrogen and oxygen atoms in total. The number of ether oxygens (including phenoxy) is 1. The molecule has 3 aromatic rings. The quantitative estimate of drug-likeness (QED) is 0.796. The molecule has 0 amide bonds. The summed E-state index contributed by atoms with van der Waals surface area (Å²) in [6.45, 7) is 2.05. The maximum absolute atomic E-state index is 6.06. The zero-order chi connectivity index (χ0) is 14.8. The molecule has 0 saturated carbocycles. The Labute approximate surface area is 123 Å². The molecular formula is C17H18N2O2. The first-order valence-electron chi connectivity index (χ1n) is 6.90. The lowest BCUT2D eigenvalue weighted by atomic mass is 10.1. The van der Waals surface area contributed by atoms with E-state index in [1.54, 1.807) is 13.3 Å². The Morgan fingerprint density at radius 1 is 1.24 bits per heavy atom. The molecule has 1 atom stereocenters. The second-order valence-electron chi connectivity index (χ2n) is 4.97. The minimum absolute atomic E-state index is 0.0968. The van der Waals surface area contributed by atoms with Crippen LogP contribution in [-0.4, -0.2) is 19.1 Å². The number of pyridine rings is 1. The first-order chi connectivity index (χ1) is 10.2. The number of methoxy groups -OCH3 is 1. The molecule has 0 radical (unpaired) electrons. The number of nitrogens with one attached hydrogen (secondary N) is 1. The van der Waals surface area contributed by atoms with Gasteiger partial charge < -0.3 is 14.5 Å². The SMILES string of the molecule is CNC(c1cc2cccc(C)c2o1)c1cccnc1OC. The van der Waals surface area contributed by atoms with Gasteiger partial charge in [-0.05, 0) is 31.7 Å². The molecule has 1 aromatic carbocycles. The minimum Gasteiger partial charge on any atom is -0.481 e. The van der Waals surface area contributed by atoms with Gasteiger partial charge in [-0.3, -0.25) is 0 Å². The van der Waals surface area contributed by atoms with Gasteiger partial charge in [0.1, 0.15) is 11.3 Å². The molecule has 4 heteroatoms. The zero-order valence-electron chi connectivity index (χ0n) is 12.4. The van der Waals surface area contributed by atoms with Gasteiger partial charge in [-0.15, -0.1) is 0 Å². The summed E-state index contributed by atoms with van der Waals surface area (Å²) in [7, 11) is 3.53. The molecule has 0 aliphatic rings. The fourth-order valence-electron chi connectivity index (χ4n) is 2.62. The minimum atomic E-state index is -0.0968. The third kappa shape index (κ3) is 2.38. The van der Waals surface area contributed by atoms with Crippen LogP contribution in [0.1, 0.15) is 22.9 Å². The van der Waals surface area contributed by atoms with Crippen molar-refractivity contribution in [1.29, 1.82) is 0 Å². The van der Waals surface area contributed by atoms with Gasteiger partial charge in [-0.2, -0.15) is 0 Å². The van der Waals surface area contributed by atoms with E-state index in [9.17, 15) is 0 Å². The average molecular weight is 282 g/mol. The molecule has 0 saturated heterocycles. The largest absolute Gasteiger partial charge is 0.481 e. The molecule has 0 bridgehead atoms. The van der Waals surface area contributed by atoms with Crippen molar-refractivity contribution in [3.05, 3.63) is 59.5 Å². The van der Waals surface area contributed by atoms with Gasteiger partial charge in [-0.1, -0.05) is 24.3 Å². The number of benzene rings is 1. The van der Waals surface area contributed by atoms with Gasteiger partial charge in [0.05, 0.1) is 13.2 Å². The molecule has 108 valence electrons. The lowest BCUT2D eigenvalue weighted by molar-refractivity contribution is 0.383. The Hall–Kier alpha value is -2.33. The third-order valence-corrected chi connectivity index (χ3v) is 3.64. The Bertz CT molecular complexity index is 764. The average Bonchev–Trinajstić information content (AvgIpc) is 2.94. The lowest BCUT2D eigenvalue weighted by Gasteiger charge is -2.16. The summed E-state index contributed by atoms with van der Waals surface area (Å²) in [6, 6.07) is 12.0. The van der Waals surface area contributed by atoms with Crippen LogP contribution in [0.5, 0.6) is 5.88 Å². The Morgan fingerprint density at radius 2 is 2.10 bits per heavy atom. The van der Waals surface area contributed by atoms with Crippen molar-refractivity contribution in [2.75, 3.05) is 14.2 Å². The number of fused-ring (bicyclic) bond motifs is 1. The number of aryl methyl sites for hydroxylation is 1. The van der Waals surface area contributed by atoms with Crippen LogP contribution in [0.15, 0.2) is 47.0 Å². The third-order valence-electron chi connectivity index (χ3n) is 3.64. The first-order valence-corrected chi connectivity index (χ1v) is 6.90. The second kappa shape index (κ2) is 5.58. The maximum atomic E-state index is 6.06. The number of rotatable bonds is 4. The van der Waals surface area contributed by atoms with Crippen LogP contribution in [0.4, 0.5) is 0 Å². The molecule has 0 aliphatic heterocycles. The van der Waals surface area contributed by atoms with Crippen LogP contribution in [0.25, 0.3) is 11.0 Å². The van der Waals surface area contributed by atoms with Gasteiger partial charge in [0.2, 0.25) is 5.88 Å². The van der Waals surface area contributed by atoms with E-state index in [1.807, 2.05) is 25.2 Å².